The molecule has 0 bridgehead atoms. The molecule has 0 fully saturated rings. The number of alkyl halides is 3. The molecule has 0 heterocycles. The lowest BCUT2D eigenvalue weighted by molar-refractivity contribution is -0.137. The number of rotatable bonds is 3. The van der Waals surface area contributed by atoms with Gasteiger partial charge < -0.3 is 10.1 Å². The average Bonchev–Trinajstić information content (AvgIpc) is 2.40. The Hall–Kier alpha value is -2.16. The summed E-state index contributed by atoms with van der Waals surface area (Å²) in [4.78, 5) is 11.5. The van der Waals surface area contributed by atoms with Crippen molar-refractivity contribution >= 4 is 5.91 Å². The zero-order valence-corrected chi connectivity index (χ0v) is 12.7. The molecule has 1 rings (SSSR count). The molecule has 1 aromatic rings. The molecule has 22 heavy (non-hydrogen) atoms. The van der Waals surface area contributed by atoms with Crippen molar-refractivity contribution in [2.75, 3.05) is 13.2 Å². The van der Waals surface area contributed by atoms with E-state index in [2.05, 4.69) is 17.2 Å². The first-order valence-corrected chi connectivity index (χ1v) is 6.65. The van der Waals surface area contributed by atoms with Crippen molar-refractivity contribution in [3.63, 3.8) is 0 Å². The van der Waals surface area contributed by atoms with Crippen LogP contribution in [0.4, 0.5) is 13.2 Å². The number of nitrogens with one attached hydrogen (secondary N) is 1. The molecule has 0 aliphatic carbocycles. The van der Waals surface area contributed by atoms with E-state index in [1.807, 2.05) is 0 Å². The van der Waals surface area contributed by atoms with E-state index in [0.717, 1.165) is 12.1 Å². The van der Waals surface area contributed by atoms with E-state index in [1.165, 1.54) is 12.1 Å². The predicted molar refractivity (Wildman–Crippen MR) is 77.2 cm³/mol. The summed E-state index contributed by atoms with van der Waals surface area (Å²) >= 11 is 0. The van der Waals surface area contributed by atoms with Crippen LogP contribution in [0.1, 0.15) is 26.3 Å². The molecule has 0 radical (unpaired) electrons. The molecule has 1 amide bonds. The molecule has 0 atom stereocenters. The SMILES string of the molecule is CC(C)(C)C(=O)NCC#CCOc1cccc(C(F)(F)F)c1. The summed E-state index contributed by atoms with van der Waals surface area (Å²) in [6.45, 7) is 5.47. The van der Waals surface area contributed by atoms with Gasteiger partial charge in [-0.25, -0.2) is 0 Å². The summed E-state index contributed by atoms with van der Waals surface area (Å²) in [7, 11) is 0. The first kappa shape index (κ1) is 17.9. The van der Waals surface area contributed by atoms with Crippen LogP contribution in [0.25, 0.3) is 0 Å². The molecule has 6 heteroatoms. The second-order valence-electron chi connectivity index (χ2n) is 5.60. The van der Waals surface area contributed by atoms with Crippen LogP contribution in [0.5, 0.6) is 5.75 Å². The number of carbonyl (C=O) groups excluding carboxylic acids is 1. The highest BCUT2D eigenvalue weighted by Gasteiger charge is 2.30. The Balaban J connectivity index is 2.43. The molecule has 0 aliphatic heterocycles. The molecule has 0 saturated carbocycles. The summed E-state index contributed by atoms with van der Waals surface area (Å²) < 4.78 is 42.6. The minimum absolute atomic E-state index is 0.0489. The third-order valence-corrected chi connectivity index (χ3v) is 2.62. The Morgan fingerprint density at radius 1 is 1.23 bits per heavy atom. The van der Waals surface area contributed by atoms with Crippen molar-refractivity contribution in [2.24, 2.45) is 5.41 Å². The van der Waals surface area contributed by atoms with Gasteiger partial charge in [0.15, 0.2) is 0 Å². The third kappa shape index (κ3) is 6.08. The van der Waals surface area contributed by atoms with Gasteiger partial charge in [0, 0.05) is 5.41 Å². The summed E-state index contributed by atoms with van der Waals surface area (Å²) in [5, 5.41) is 2.63. The molecule has 120 valence electrons. The Kier molecular flexibility index (Phi) is 5.86. The van der Waals surface area contributed by atoms with Crippen LogP contribution in [0, 0.1) is 17.3 Å². The fourth-order valence-electron chi connectivity index (χ4n) is 1.38. The van der Waals surface area contributed by atoms with E-state index in [1.54, 1.807) is 20.8 Å². The monoisotopic (exact) mass is 313 g/mol. The zero-order valence-electron chi connectivity index (χ0n) is 12.7. The number of amides is 1. The Morgan fingerprint density at radius 3 is 2.50 bits per heavy atom. The van der Waals surface area contributed by atoms with Gasteiger partial charge in [-0.3, -0.25) is 4.79 Å². The van der Waals surface area contributed by atoms with E-state index in [0.29, 0.717) is 0 Å². The second kappa shape index (κ2) is 7.21. The normalized spacial score (nSPS) is 11.4. The number of benzene rings is 1. The fourth-order valence-corrected chi connectivity index (χ4v) is 1.38. The van der Waals surface area contributed by atoms with Gasteiger partial charge in [-0.05, 0) is 18.2 Å². The van der Waals surface area contributed by atoms with E-state index in [9.17, 15) is 18.0 Å². The largest absolute Gasteiger partial charge is 0.481 e. The molecule has 0 saturated heterocycles. The highest BCUT2D eigenvalue weighted by Crippen LogP contribution is 2.31. The number of carbonyl (C=O) groups is 1. The molecule has 1 aromatic carbocycles. The van der Waals surface area contributed by atoms with E-state index in [-0.39, 0.29) is 24.8 Å². The quantitative estimate of drug-likeness (QED) is 0.870. The van der Waals surface area contributed by atoms with Gasteiger partial charge in [0.25, 0.3) is 0 Å². The molecule has 0 aliphatic rings. The van der Waals surface area contributed by atoms with Gasteiger partial charge in [-0.1, -0.05) is 38.7 Å². The van der Waals surface area contributed by atoms with Gasteiger partial charge in [0.1, 0.15) is 12.4 Å². The molecule has 0 aromatic heterocycles. The van der Waals surface area contributed by atoms with Crippen LogP contribution >= 0.6 is 0 Å². The average molecular weight is 313 g/mol. The van der Waals surface area contributed by atoms with Crippen LogP contribution in [-0.4, -0.2) is 19.1 Å². The Morgan fingerprint density at radius 2 is 1.91 bits per heavy atom. The number of hydrogen-bond acceptors (Lipinski definition) is 2. The van der Waals surface area contributed by atoms with Crippen molar-refractivity contribution in [1.29, 1.82) is 0 Å². The Bertz CT molecular complexity index is 578. The maximum absolute atomic E-state index is 12.5. The van der Waals surface area contributed by atoms with Gasteiger partial charge in [-0.15, -0.1) is 0 Å². The van der Waals surface area contributed by atoms with Crippen molar-refractivity contribution < 1.29 is 22.7 Å². The van der Waals surface area contributed by atoms with Crippen molar-refractivity contribution in [1.82, 2.24) is 5.32 Å². The minimum Gasteiger partial charge on any atom is -0.481 e. The standard InChI is InChI=1S/C16H18F3NO2/c1-15(2,3)14(21)20-9-4-5-10-22-13-8-6-7-12(11-13)16(17,18)19/h6-8,11H,9-10H2,1-3H3,(H,20,21). The maximum atomic E-state index is 12.5. The fraction of sp³-hybridized carbons (Fsp3) is 0.438. The van der Waals surface area contributed by atoms with Gasteiger partial charge in [0.2, 0.25) is 5.91 Å². The van der Waals surface area contributed by atoms with E-state index in [4.69, 9.17) is 4.74 Å². The second-order valence-corrected chi connectivity index (χ2v) is 5.60. The summed E-state index contributed by atoms with van der Waals surface area (Å²) in [5.74, 6) is 5.28. The first-order chi connectivity index (χ1) is 10.1. The molecular formula is C16H18F3NO2. The molecule has 3 nitrogen and oxygen atoms in total. The van der Waals surface area contributed by atoms with E-state index < -0.39 is 17.2 Å². The van der Waals surface area contributed by atoms with Crippen LogP contribution < -0.4 is 10.1 Å². The van der Waals surface area contributed by atoms with Crippen LogP contribution in [0.2, 0.25) is 0 Å². The van der Waals surface area contributed by atoms with Crippen LogP contribution in [0.15, 0.2) is 24.3 Å². The van der Waals surface area contributed by atoms with Crippen molar-refractivity contribution in [3.05, 3.63) is 29.8 Å². The van der Waals surface area contributed by atoms with Gasteiger partial charge in [-0.2, -0.15) is 13.2 Å². The lowest BCUT2D eigenvalue weighted by Crippen LogP contribution is -2.34. The minimum atomic E-state index is -4.40. The molecule has 1 N–H and O–H groups in total. The van der Waals surface area contributed by atoms with Crippen molar-refractivity contribution in [2.45, 2.75) is 26.9 Å². The summed E-state index contributed by atoms with van der Waals surface area (Å²) in [6, 6.07) is 4.59. The third-order valence-electron chi connectivity index (χ3n) is 2.62. The molecule has 0 unspecified atom stereocenters. The predicted octanol–water partition coefficient (Wildman–Crippen LogP) is 3.25. The molecular weight excluding hydrogens is 295 g/mol. The number of ether oxygens (including phenoxy) is 1. The summed E-state index contributed by atoms with van der Waals surface area (Å²) in [5.41, 5.74) is -1.26. The van der Waals surface area contributed by atoms with Gasteiger partial charge in [0.05, 0.1) is 12.1 Å². The highest BCUT2D eigenvalue weighted by molar-refractivity contribution is 5.81. The van der Waals surface area contributed by atoms with Crippen molar-refractivity contribution in [3.8, 4) is 17.6 Å². The van der Waals surface area contributed by atoms with Crippen LogP contribution in [-0.2, 0) is 11.0 Å². The smallest absolute Gasteiger partial charge is 0.416 e. The Labute approximate surface area is 127 Å². The molecule has 0 spiro atoms. The van der Waals surface area contributed by atoms with Gasteiger partial charge >= 0.3 is 6.18 Å². The van der Waals surface area contributed by atoms with E-state index >= 15 is 0 Å². The topological polar surface area (TPSA) is 38.3 Å². The first-order valence-electron chi connectivity index (χ1n) is 6.65. The lowest BCUT2D eigenvalue weighted by Gasteiger charge is -2.16. The lowest BCUT2D eigenvalue weighted by atomic mass is 9.96. The maximum Gasteiger partial charge on any atom is 0.416 e. The number of halogens is 3. The highest BCUT2D eigenvalue weighted by atomic mass is 19.4. The number of hydrogen-bond donors (Lipinski definition) is 1. The summed E-state index contributed by atoms with van der Waals surface area (Å²) in [6.07, 6.45) is -4.40. The zero-order chi connectivity index (χ0) is 16.8. The van der Waals surface area contributed by atoms with Crippen LogP contribution in [0.3, 0.4) is 0 Å².